The molecule has 1 aliphatic rings. The van der Waals surface area contributed by atoms with Crippen LogP contribution in [0.5, 0.6) is 0 Å². The fourth-order valence-electron chi connectivity index (χ4n) is 3.61. The summed E-state index contributed by atoms with van der Waals surface area (Å²) >= 11 is 2.88. The molecule has 0 spiro atoms. The number of thioether (sulfide) groups is 1. The molecule has 1 aliphatic heterocycles. The van der Waals surface area contributed by atoms with E-state index in [0.29, 0.717) is 30.0 Å². The average Bonchev–Trinajstić information content (AvgIpc) is 3.43. The smallest absolute Gasteiger partial charge is 0.239 e. The van der Waals surface area contributed by atoms with Crippen LogP contribution in [-0.2, 0) is 16.1 Å². The van der Waals surface area contributed by atoms with Crippen molar-refractivity contribution in [3.63, 3.8) is 0 Å². The lowest BCUT2D eigenvalue weighted by atomic mass is 10.2. The van der Waals surface area contributed by atoms with E-state index in [1.54, 1.807) is 0 Å². The van der Waals surface area contributed by atoms with E-state index < -0.39 is 0 Å². The molecule has 2 aromatic carbocycles. The Morgan fingerprint density at radius 3 is 2.67 bits per heavy atom. The minimum Gasteiger partial charge on any atom is -0.378 e. The summed E-state index contributed by atoms with van der Waals surface area (Å²) in [6.07, 6.45) is 0. The fraction of sp³-hybridized carbons (Fsp3) is 0.304. The van der Waals surface area contributed by atoms with E-state index in [4.69, 9.17) is 4.74 Å². The highest BCUT2D eigenvalue weighted by Crippen LogP contribution is 2.29. The molecule has 2 aromatic heterocycles. The number of carbonyl (C=O) groups excluding carboxylic acids is 1. The Bertz CT molecular complexity index is 1200. The van der Waals surface area contributed by atoms with Crippen LogP contribution in [0.4, 0.5) is 11.1 Å². The highest BCUT2D eigenvalue weighted by atomic mass is 32.2. The van der Waals surface area contributed by atoms with Crippen LogP contribution in [0.15, 0.2) is 59.8 Å². The van der Waals surface area contributed by atoms with E-state index >= 15 is 0 Å². The number of aromatic nitrogens is 4. The molecule has 8 nitrogen and oxygen atoms in total. The lowest BCUT2D eigenvalue weighted by Gasteiger charge is -2.28. The lowest BCUT2D eigenvalue weighted by molar-refractivity contribution is -0.115. The van der Waals surface area contributed by atoms with Crippen molar-refractivity contribution in [2.24, 2.45) is 0 Å². The molecule has 0 saturated carbocycles. The van der Waals surface area contributed by atoms with Crippen molar-refractivity contribution in [3.05, 3.63) is 60.2 Å². The molecular weight excluding hydrogens is 456 g/mol. The largest absolute Gasteiger partial charge is 0.378 e. The van der Waals surface area contributed by atoms with Crippen molar-refractivity contribution in [2.45, 2.75) is 23.9 Å². The van der Waals surface area contributed by atoms with E-state index in [1.807, 2.05) is 49.4 Å². The highest BCUT2D eigenvalue weighted by Gasteiger charge is 2.24. The number of benzene rings is 2. The van der Waals surface area contributed by atoms with Crippen LogP contribution in [0.3, 0.4) is 0 Å². The van der Waals surface area contributed by atoms with Crippen LogP contribution in [0.2, 0.25) is 0 Å². The van der Waals surface area contributed by atoms with Crippen molar-refractivity contribution in [2.75, 3.05) is 36.5 Å². The third-order valence-corrected chi connectivity index (χ3v) is 7.38. The van der Waals surface area contributed by atoms with Gasteiger partial charge in [-0.05, 0) is 24.6 Å². The Morgan fingerprint density at radius 1 is 1.12 bits per heavy atom. The fourth-order valence-corrected chi connectivity index (χ4v) is 5.33. The van der Waals surface area contributed by atoms with E-state index in [1.165, 1.54) is 23.1 Å². The maximum absolute atomic E-state index is 12.9. The van der Waals surface area contributed by atoms with Crippen LogP contribution < -0.4 is 10.2 Å². The minimum absolute atomic E-state index is 0.110. The monoisotopic (exact) mass is 480 g/mol. The van der Waals surface area contributed by atoms with Gasteiger partial charge >= 0.3 is 0 Å². The number of para-hydroxylation sites is 1. The van der Waals surface area contributed by atoms with Gasteiger partial charge in [-0.25, -0.2) is 4.98 Å². The van der Waals surface area contributed by atoms with Gasteiger partial charge in [0.1, 0.15) is 0 Å². The molecule has 170 valence electrons. The van der Waals surface area contributed by atoms with E-state index in [2.05, 4.69) is 42.1 Å². The lowest BCUT2D eigenvalue weighted by Crippen LogP contribution is -2.38. The molecule has 1 fully saturated rings. The van der Waals surface area contributed by atoms with Gasteiger partial charge in [0.2, 0.25) is 11.9 Å². The Morgan fingerprint density at radius 2 is 1.88 bits per heavy atom. The summed E-state index contributed by atoms with van der Waals surface area (Å²) in [4.78, 5) is 19.6. The molecule has 10 heteroatoms. The number of anilines is 2. The number of hydrogen-bond acceptors (Lipinski definition) is 8. The molecule has 0 radical (unpaired) electrons. The van der Waals surface area contributed by atoms with Crippen LogP contribution in [0.1, 0.15) is 12.5 Å². The Kier molecular flexibility index (Phi) is 6.56. The van der Waals surface area contributed by atoms with Crippen LogP contribution in [-0.4, -0.2) is 57.2 Å². The maximum atomic E-state index is 12.9. The number of nitrogens with zero attached hydrogens (tertiary/aromatic N) is 5. The molecule has 1 atom stereocenters. The zero-order valence-electron chi connectivity index (χ0n) is 18.2. The second-order valence-corrected chi connectivity index (χ2v) is 10.0. The van der Waals surface area contributed by atoms with Crippen molar-refractivity contribution in [1.29, 1.82) is 0 Å². The van der Waals surface area contributed by atoms with Gasteiger partial charge in [0.25, 0.3) is 0 Å². The Hall–Kier alpha value is -2.95. The predicted molar refractivity (Wildman–Crippen MR) is 132 cm³/mol. The van der Waals surface area contributed by atoms with Crippen LogP contribution in [0, 0.1) is 0 Å². The standard InChI is InChI=1S/C23H24N6O2S2/c1-16(20(30)25-21-24-18-9-5-6-10-19(18)33-21)32-23-27-26-22(28-11-13-31-14-12-28)29(23)15-17-7-3-2-4-8-17/h2-10,16H,11-15H2,1H3,(H,24,25,30). The van der Waals surface area contributed by atoms with Crippen molar-refractivity contribution < 1.29 is 9.53 Å². The highest BCUT2D eigenvalue weighted by molar-refractivity contribution is 8.00. The second-order valence-electron chi connectivity index (χ2n) is 7.69. The molecule has 1 N–H and O–H groups in total. The molecule has 0 aliphatic carbocycles. The molecule has 5 rings (SSSR count). The summed E-state index contributed by atoms with van der Waals surface area (Å²) in [7, 11) is 0. The molecule has 1 unspecified atom stereocenters. The van der Waals surface area contributed by atoms with Crippen molar-refractivity contribution in [3.8, 4) is 0 Å². The number of thiazole rings is 1. The number of morpholine rings is 1. The SMILES string of the molecule is CC(Sc1nnc(N2CCOCC2)n1Cc1ccccc1)C(=O)Nc1nc2ccccc2s1. The van der Waals surface area contributed by atoms with Crippen LogP contribution >= 0.6 is 23.1 Å². The van der Waals surface area contributed by atoms with Gasteiger partial charge in [0.15, 0.2) is 10.3 Å². The quantitative estimate of drug-likeness (QED) is 0.402. The van der Waals surface area contributed by atoms with Crippen molar-refractivity contribution >= 4 is 50.3 Å². The van der Waals surface area contributed by atoms with Gasteiger partial charge in [0, 0.05) is 13.1 Å². The second kappa shape index (κ2) is 9.90. The van der Waals surface area contributed by atoms with Gasteiger partial charge in [-0.2, -0.15) is 0 Å². The van der Waals surface area contributed by atoms with Gasteiger partial charge < -0.3 is 15.0 Å². The summed E-state index contributed by atoms with van der Waals surface area (Å²) in [6.45, 7) is 5.39. The van der Waals surface area contributed by atoms with Gasteiger partial charge in [-0.3, -0.25) is 9.36 Å². The zero-order chi connectivity index (χ0) is 22.6. The number of carbonyl (C=O) groups is 1. The molecule has 1 amide bonds. The van der Waals surface area contributed by atoms with E-state index in [-0.39, 0.29) is 11.2 Å². The molecule has 3 heterocycles. The number of rotatable bonds is 7. The number of fused-ring (bicyclic) bond motifs is 1. The molecular formula is C23H24N6O2S2. The first-order chi connectivity index (χ1) is 16.2. The number of ether oxygens (including phenoxy) is 1. The summed E-state index contributed by atoms with van der Waals surface area (Å²) in [5, 5.41) is 12.8. The number of amides is 1. The molecule has 1 saturated heterocycles. The number of nitrogens with one attached hydrogen (secondary N) is 1. The predicted octanol–water partition coefficient (Wildman–Crippen LogP) is 3.89. The zero-order valence-corrected chi connectivity index (χ0v) is 19.8. The first kappa shape index (κ1) is 21.9. The third-order valence-electron chi connectivity index (χ3n) is 5.35. The van der Waals surface area contributed by atoms with Gasteiger partial charge in [-0.15, -0.1) is 10.2 Å². The summed E-state index contributed by atoms with van der Waals surface area (Å²) in [5.74, 6) is 0.699. The third kappa shape index (κ3) is 5.02. The number of hydrogen-bond donors (Lipinski definition) is 1. The first-order valence-electron chi connectivity index (χ1n) is 10.8. The normalized spacial score (nSPS) is 15.0. The topological polar surface area (TPSA) is 85.2 Å². The van der Waals surface area contributed by atoms with E-state index in [9.17, 15) is 4.79 Å². The summed E-state index contributed by atoms with van der Waals surface area (Å²) in [6, 6.07) is 18.1. The Labute approximate surface area is 200 Å². The van der Waals surface area contributed by atoms with Crippen molar-refractivity contribution in [1.82, 2.24) is 19.7 Å². The van der Waals surface area contributed by atoms with Gasteiger partial charge in [-0.1, -0.05) is 65.6 Å². The average molecular weight is 481 g/mol. The first-order valence-corrected chi connectivity index (χ1v) is 12.5. The van der Waals surface area contributed by atoms with E-state index in [0.717, 1.165) is 34.8 Å². The van der Waals surface area contributed by atoms with Crippen LogP contribution in [0.25, 0.3) is 10.2 Å². The van der Waals surface area contributed by atoms with Gasteiger partial charge in [0.05, 0.1) is 35.2 Å². The molecule has 33 heavy (non-hydrogen) atoms. The summed E-state index contributed by atoms with van der Waals surface area (Å²) < 4.78 is 8.64. The molecule has 4 aromatic rings. The molecule has 0 bridgehead atoms. The maximum Gasteiger partial charge on any atom is 0.239 e. The summed E-state index contributed by atoms with van der Waals surface area (Å²) in [5.41, 5.74) is 2.04. The Balaban J connectivity index is 1.34. The minimum atomic E-state index is -0.367.